The van der Waals surface area contributed by atoms with Gasteiger partial charge < -0.3 is 10.2 Å². The Hall–Kier alpha value is -0.830. The molecule has 1 N–H and O–H groups in total. The first-order valence-corrected chi connectivity index (χ1v) is 5.40. The Morgan fingerprint density at radius 2 is 2.36 bits per heavy atom. The molecule has 80 valence electrons. The number of amides is 1. The van der Waals surface area contributed by atoms with Crippen LogP contribution in [0.25, 0.3) is 0 Å². The van der Waals surface area contributed by atoms with E-state index < -0.39 is 0 Å². The standard InChI is InChI=1S/C11H20N2O/c1-3-9-13(4-2)11(14)7-8-12-10-5-6-10/h3,10,12H,1,4-9H2,2H3. The van der Waals surface area contributed by atoms with Gasteiger partial charge in [-0.05, 0) is 19.8 Å². The number of rotatable bonds is 7. The van der Waals surface area contributed by atoms with Crippen molar-refractivity contribution in [2.24, 2.45) is 0 Å². The molecule has 1 saturated carbocycles. The number of carbonyl (C=O) groups is 1. The predicted octanol–water partition coefficient (Wildman–Crippen LogP) is 1.16. The number of carbonyl (C=O) groups excluding carboxylic acids is 1. The lowest BCUT2D eigenvalue weighted by Gasteiger charge is -2.18. The van der Waals surface area contributed by atoms with E-state index in [1.807, 2.05) is 11.8 Å². The fourth-order valence-electron chi connectivity index (χ4n) is 1.39. The molecule has 1 amide bonds. The molecule has 0 atom stereocenters. The lowest BCUT2D eigenvalue weighted by atomic mass is 10.3. The van der Waals surface area contributed by atoms with E-state index >= 15 is 0 Å². The van der Waals surface area contributed by atoms with Crippen LogP contribution in [0.15, 0.2) is 12.7 Å². The lowest BCUT2D eigenvalue weighted by molar-refractivity contribution is -0.130. The minimum Gasteiger partial charge on any atom is -0.339 e. The molecule has 0 aromatic carbocycles. The van der Waals surface area contributed by atoms with Crippen LogP contribution in [0.3, 0.4) is 0 Å². The van der Waals surface area contributed by atoms with E-state index in [2.05, 4.69) is 11.9 Å². The highest BCUT2D eigenvalue weighted by Gasteiger charge is 2.20. The monoisotopic (exact) mass is 196 g/mol. The van der Waals surface area contributed by atoms with Crippen LogP contribution < -0.4 is 5.32 Å². The van der Waals surface area contributed by atoms with Gasteiger partial charge in [0, 0.05) is 32.1 Å². The maximum Gasteiger partial charge on any atom is 0.224 e. The summed E-state index contributed by atoms with van der Waals surface area (Å²) in [4.78, 5) is 13.4. The summed E-state index contributed by atoms with van der Waals surface area (Å²) in [6, 6.07) is 0.692. The highest BCUT2D eigenvalue weighted by molar-refractivity contribution is 5.76. The van der Waals surface area contributed by atoms with Gasteiger partial charge >= 0.3 is 0 Å². The predicted molar refractivity (Wildman–Crippen MR) is 58.1 cm³/mol. The third kappa shape index (κ3) is 3.92. The van der Waals surface area contributed by atoms with E-state index in [1.165, 1.54) is 12.8 Å². The summed E-state index contributed by atoms with van der Waals surface area (Å²) in [5.41, 5.74) is 0. The molecule has 3 nitrogen and oxygen atoms in total. The lowest BCUT2D eigenvalue weighted by Crippen LogP contribution is -2.33. The summed E-state index contributed by atoms with van der Waals surface area (Å²) in [5, 5.41) is 3.34. The summed E-state index contributed by atoms with van der Waals surface area (Å²) in [6.07, 6.45) is 4.94. The fraction of sp³-hybridized carbons (Fsp3) is 0.727. The van der Waals surface area contributed by atoms with Crippen molar-refractivity contribution in [1.82, 2.24) is 10.2 Å². The maximum atomic E-state index is 11.6. The van der Waals surface area contributed by atoms with Crippen LogP contribution in [0.5, 0.6) is 0 Å². The van der Waals surface area contributed by atoms with Crippen molar-refractivity contribution in [3.8, 4) is 0 Å². The molecule has 1 rings (SSSR count). The van der Waals surface area contributed by atoms with Crippen molar-refractivity contribution in [2.75, 3.05) is 19.6 Å². The minimum atomic E-state index is 0.223. The van der Waals surface area contributed by atoms with Gasteiger partial charge in [-0.1, -0.05) is 6.08 Å². The van der Waals surface area contributed by atoms with Gasteiger partial charge in [0.2, 0.25) is 5.91 Å². The SMILES string of the molecule is C=CCN(CC)C(=O)CCNC1CC1. The quantitative estimate of drug-likeness (QED) is 0.620. The molecular formula is C11H20N2O. The van der Waals surface area contributed by atoms with Crippen LogP contribution in [0.1, 0.15) is 26.2 Å². The van der Waals surface area contributed by atoms with Crippen molar-refractivity contribution in [2.45, 2.75) is 32.2 Å². The molecular weight excluding hydrogens is 176 g/mol. The van der Waals surface area contributed by atoms with Gasteiger partial charge in [0.1, 0.15) is 0 Å². The van der Waals surface area contributed by atoms with Gasteiger partial charge in [0.15, 0.2) is 0 Å². The maximum absolute atomic E-state index is 11.6. The highest BCUT2D eigenvalue weighted by Crippen LogP contribution is 2.18. The molecule has 0 heterocycles. The van der Waals surface area contributed by atoms with E-state index in [-0.39, 0.29) is 5.91 Å². The molecule has 0 spiro atoms. The number of nitrogens with one attached hydrogen (secondary N) is 1. The van der Waals surface area contributed by atoms with Gasteiger partial charge in [-0.15, -0.1) is 6.58 Å². The van der Waals surface area contributed by atoms with E-state index in [0.717, 1.165) is 13.1 Å². The average Bonchev–Trinajstić information content (AvgIpc) is 2.97. The largest absolute Gasteiger partial charge is 0.339 e. The number of hydrogen-bond acceptors (Lipinski definition) is 2. The summed E-state index contributed by atoms with van der Waals surface area (Å²) < 4.78 is 0. The zero-order valence-electron chi connectivity index (χ0n) is 8.96. The molecule has 1 aliphatic carbocycles. The van der Waals surface area contributed by atoms with Gasteiger partial charge in [-0.25, -0.2) is 0 Å². The van der Waals surface area contributed by atoms with Crippen molar-refractivity contribution in [3.63, 3.8) is 0 Å². The Balaban J connectivity index is 2.12. The Bertz CT molecular complexity index is 199. The molecule has 0 aliphatic heterocycles. The Morgan fingerprint density at radius 1 is 1.64 bits per heavy atom. The molecule has 1 aliphatic rings. The first-order valence-electron chi connectivity index (χ1n) is 5.40. The second kappa shape index (κ2) is 5.81. The second-order valence-electron chi connectivity index (χ2n) is 3.70. The third-order valence-electron chi connectivity index (χ3n) is 2.43. The normalized spacial score (nSPS) is 15.2. The van der Waals surface area contributed by atoms with Crippen LogP contribution in [-0.2, 0) is 4.79 Å². The second-order valence-corrected chi connectivity index (χ2v) is 3.70. The highest BCUT2D eigenvalue weighted by atomic mass is 16.2. The molecule has 14 heavy (non-hydrogen) atoms. The summed E-state index contributed by atoms with van der Waals surface area (Å²) in [7, 11) is 0. The Labute approximate surface area is 86.2 Å². The van der Waals surface area contributed by atoms with E-state index in [1.54, 1.807) is 6.08 Å². The van der Waals surface area contributed by atoms with Crippen LogP contribution in [0, 0.1) is 0 Å². The minimum absolute atomic E-state index is 0.223. The molecule has 0 radical (unpaired) electrons. The molecule has 0 aromatic heterocycles. The van der Waals surface area contributed by atoms with Gasteiger partial charge in [-0.2, -0.15) is 0 Å². The van der Waals surface area contributed by atoms with Crippen molar-refractivity contribution in [3.05, 3.63) is 12.7 Å². The zero-order chi connectivity index (χ0) is 10.4. The van der Waals surface area contributed by atoms with Crippen LogP contribution in [0.4, 0.5) is 0 Å². The number of nitrogens with zero attached hydrogens (tertiary/aromatic N) is 1. The molecule has 0 unspecified atom stereocenters. The molecule has 0 aromatic rings. The van der Waals surface area contributed by atoms with E-state index in [0.29, 0.717) is 19.0 Å². The van der Waals surface area contributed by atoms with E-state index in [9.17, 15) is 4.79 Å². The first kappa shape index (κ1) is 11.2. The third-order valence-corrected chi connectivity index (χ3v) is 2.43. The van der Waals surface area contributed by atoms with Crippen LogP contribution >= 0.6 is 0 Å². The molecule has 0 saturated heterocycles. The van der Waals surface area contributed by atoms with Gasteiger partial charge in [-0.3, -0.25) is 4.79 Å². The molecule has 1 fully saturated rings. The molecule has 0 bridgehead atoms. The average molecular weight is 196 g/mol. The van der Waals surface area contributed by atoms with Crippen LogP contribution in [0.2, 0.25) is 0 Å². The summed E-state index contributed by atoms with van der Waals surface area (Å²) in [5.74, 6) is 0.223. The van der Waals surface area contributed by atoms with Crippen molar-refractivity contribution >= 4 is 5.91 Å². The van der Waals surface area contributed by atoms with Crippen LogP contribution in [-0.4, -0.2) is 36.5 Å². The molecule has 3 heteroatoms. The smallest absolute Gasteiger partial charge is 0.224 e. The topological polar surface area (TPSA) is 32.3 Å². The number of hydrogen-bond donors (Lipinski definition) is 1. The van der Waals surface area contributed by atoms with Crippen molar-refractivity contribution < 1.29 is 4.79 Å². The zero-order valence-corrected chi connectivity index (χ0v) is 8.96. The Morgan fingerprint density at radius 3 is 2.86 bits per heavy atom. The van der Waals surface area contributed by atoms with Gasteiger partial charge in [0.25, 0.3) is 0 Å². The van der Waals surface area contributed by atoms with E-state index in [4.69, 9.17) is 0 Å². The fourth-order valence-corrected chi connectivity index (χ4v) is 1.39. The Kier molecular flexibility index (Phi) is 4.66. The number of likely N-dealkylation sites (N-methyl/N-ethyl adjacent to an activating group) is 1. The van der Waals surface area contributed by atoms with Gasteiger partial charge in [0.05, 0.1) is 0 Å². The first-order chi connectivity index (χ1) is 6.77. The van der Waals surface area contributed by atoms with Crippen molar-refractivity contribution in [1.29, 1.82) is 0 Å². The summed E-state index contributed by atoms with van der Waals surface area (Å²) >= 11 is 0. The summed E-state index contributed by atoms with van der Waals surface area (Å²) in [6.45, 7) is 7.89.